The minimum absolute atomic E-state index is 0.450. The summed E-state index contributed by atoms with van der Waals surface area (Å²) in [7, 11) is 3.24. The molecule has 3 aromatic carbocycles. The van der Waals surface area contributed by atoms with E-state index in [4.69, 9.17) is 26.4 Å². The van der Waals surface area contributed by atoms with Gasteiger partial charge < -0.3 is 14.2 Å². The Bertz CT molecular complexity index is 1290. The Labute approximate surface area is 198 Å². The largest absolute Gasteiger partial charge is 0.497 e. The molecule has 0 aliphatic carbocycles. The zero-order valence-electron chi connectivity index (χ0n) is 19.2. The topological polar surface area (TPSA) is 61.3 Å². The van der Waals surface area contributed by atoms with Crippen molar-refractivity contribution in [1.29, 1.82) is 0 Å². The number of rotatable bonds is 8. The van der Waals surface area contributed by atoms with Gasteiger partial charge in [-0.1, -0.05) is 44.2 Å². The highest BCUT2D eigenvalue weighted by atomic mass is 32.1. The van der Waals surface area contributed by atoms with E-state index in [1.807, 2.05) is 53.1 Å². The second kappa shape index (κ2) is 9.92. The van der Waals surface area contributed by atoms with Crippen LogP contribution in [0.2, 0.25) is 0 Å². The van der Waals surface area contributed by atoms with Gasteiger partial charge in [0.15, 0.2) is 10.6 Å². The number of ether oxygens (including phenoxy) is 3. The lowest BCUT2D eigenvalue weighted by atomic mass is 10.0. The van der Waals surface area contributed by atoms with Crippen LogP contribution >= 0.6 is 12.2 Å². The molecule has 0 aliphatic rings. The third kappa shape index (κ3) is 4.93. The number of hydrogen-bond donors (Lipinski definition) is 1. The highest BCUT2D eigenvalue weighted by Crippen LogP contribution is 2.31. The molecule has 0 saturated carbocycles. The fourth-order valence-corrected chi connectivity index (χ4v) is 3.83. The zero-order valence-corrected chi connectivity index (χ0v) is 20.0. The number of aromatic nitrogens is 3. The van der Waals surface area contributed by atoms with E-state index < -0.39 is 0 Å². The average Bonchev–Trinajstić information content (AvgIpc) is 3.23. The molecule has 1 N–H and O–H groups in total. The molecule has 0 unspecified atom stereocenters. The van der Waals surface area contributed by atoms with Crippen molar-refractivity contribution in [2.75, 3.05) is 14.2 Å². The van der Waals surface area contributed by atoms with Gasteiger partial charge in [0, 0.05) is 11.6 Å². The summed E-state index contributed by atoms with van der Waals surface area (Å²) in [6, 6.07) is 21.9. The second-order valence-electron chi connectivity index (χ2n) is 7.94. The van der Waals surface area contributed by atoms with Gasteiger partial charge >= 0.3 is 0 Å². The number of nitrogens with zero attached hydrogens (tertiary/aromatic N) is 2. The first-order valence-electron chi connectivity index (χ1n) is 10.7. The van der Waals surface area contributed by atoms with Crippen molar-refractivity contribution in [2.24, 2.45) is 0 Å². The van der Waals surface area contributed by atoms with Crippen molar-refractivity contribution in [1.82, 2.24) is 14.8 Å². The zero-order chi connectivity index (χ0) is 23.4. The molecule has 0 saturated heterocycles. The molecule has 6 nitrogen and oxygen atoms in total. The molecule has 0 bridgehead atoms. The van der Waals surface area contributed by atoms with E-state index in [0.717, 1.165) is 22.6 Å². The predicted molar refractivity (Wildman–Crippen MR) is 132 cm³/mol. The van der Waals surface area contributed by atoms with Crippen molar-refractivity contribution in [3.63, 3.8) is 0 Å². The number of aromatic amines is 1. The Kier molecular flexibility index (Phi) is 6.79. The van der Waals surface area contributed by atoms with E-state index in [9.17, 15) is 0 Å². The molecule has 0 spiro atoms. The summed E-state index contributed by atoms with van der Waals surface area (Å²) >= 11 is 5.53. The van der Waals surface area contributed by atoms with Crippen molar-refractivity contribution in [2.45, 2.75) is 26.4 Å². The highest BCUT2D eigenvalue weighted by molar-refractivity contribution is 7.71. The molecule has 0 fully saturated rings. The molecule has 170 valence electrons. The van der Waals surface area contributed by atoms with Crippen LogP contribution in [0.15, 0.2) is 66.7 Å². The van der Waals surface area contributed by atoms with Crippen LogP contribution in [0.1, 0.15) is 30.9 Å². The maximum atomic E-state index is 6.01. The van der Waals surface area contributed by atoms with Crippen LogP contribution in [-0.2, 0) is 6.61 Å². The molecule has 1 heterocycles. The van der Waals surface area contributed by atoms with Crippen molar-refractivity contribution >= 4 is 12.2 Å². The Morgan fingerprint density at radius 1 is 0.939 bits per heavy atom. The van der Waals surface area contributed by atoms with E-state index in [0.29, 0.717) is 34.6 Å². The van der Waals surface area contributed by atoms with Gasteiger partial charge in [-0.25, -0.2) is 0 Å². The van der Waals surface area contributed by atoms with Gasteiger partial charge in [0.2, 0.25) is 0 Å². The van der Waals surface area contributed by atoms with Crippen molar-refractivity contribution in [3.05, 3.63) is 82.6 Å². The van der Waals surface area contributed by atoms with Crippen molar-refractivity contribution < 1.29 is 14.2 Å². The Morgan fingerprint density at radius 3 is 2.39 bits per heavy atom. The number of hydrogen-bond acceptors (Lipinski definition) is 5. The summed E-state index contributed by atoms with van der Waals surface area (Å²) in [5.74, 6) is 3.36. The van der Waals surface area contributed by atoms with Crippen LogP contribution in [0.4, 0.5) is 0 Å². The molecular weight excluding hydrogens is 434 g/mol. The minimum atomic E-state index is 0.450. The molecule has 1 aromatic heterocycles. The van der Waals surface area contributed by atoms with Gasteiger partial charge in [-0.2, -0.15) is 5.10 Å². The van der Waals surface area contributed by atoms with Gasteiger partial charge in [0.05, 0.1) is 19.9 Å². The third-order valence-electron chi connectivity index (χ3n) is 5.44. The maximum absolute atomic E-state index is 6.01. The molecule has 4 rings (SSSR count). The molecule has 7 heteroatoms. The normalized spacial score (nSPS) is 10.9. The van der Waals surface area contributed by atoms with Gasteiger partial charge in [-0.05, 0) is 59.6 Å². The number of nitrogens with one attached hydrogen (secondary N) is 1. The SMILES string of the molecule is COc1ccc(-n2c(-c3cccc(COc4ccc(C(C)C)cc4)c3)n[nH]c2=S)c(OC)c1. The summed E-state index contributed by atoms with van der Waals surface area (Å²) in [5.41, 5.74) is 4.01. The first kappa shape index (κ1) is 22.6. The van der Waals surface area contributed by atoms with Crippen LogP contribution in [-0.4, -0.2) is 29.0 Å². The van der Waals surface area contributed by atoms with Gasteiger partial charge in [0.1, 0.15) is 23.9 Å². The monoisotopic (exact) mass is 461 g/mol. The smallest absolute Gasteiger partial charge is 0.200 e. The average molecular weight is 462 g/mol. The third-order valence-corrected chi connectivity index (χ3v) is 5.71. The van der Waals surface area contributed by atoms with Crippen LogP contribution < -0.4 is 14.2 Å². The van der Waals surface area contributed by atoms with Gasteiger partial charge in [0.25, 0.3) is 0 Å². The van der Waals surface area contributed by atoms with Crippen LogP contribution in [0, 0.1) is 4.77 Å². The number of H-pyrrole nitrogens is 1. The number of methoxy groups -OCH3 is 2. The molecule has 4 aromatic rings. The van der Waals surface area contributed by atoms with Crippen LogP contribution in [0.3, 0.4) is 0 Å². The summed E-state index contributed by atoms with van der Waals surface area (Å²) in [4.78, 5) is 0. The fraction of sp³-hybridized carbons (Fsp3) is 0.231. The number of benzene rings is 3. The Hall–Kier alpha value is -3.58. The summed E-state index contributed by atoms with van der Waals surface area (Å²) in [5, 5.41) is 7.39. The first-order valence-corrected chi connectivity index (χ1v) is 11.1. The van der Waals surface area contributed by atoms with E-state index in [1.165, 1.54) is 5.56 Å². The van der Waals surface area contributed by atoms with Gasteiger partial charge in [-0.15, -0.1) is 0 Å². The second-order valence-corrected chi connectivity index (χ2v) is 8.33. The Balaban J connectivity index is 1.62. The van der Waals surface area contributed by atoms with E-state index in [-0.39, 0.29) is 0 Å². The Morgan fingerprint density at radius 2 is 1.70 bits per heavy atom. The predicted octanol–water partition coefficient (Wildman–Crippen LogP) is 6.32. The lowest BCUT2D eigenvalue weighted by molar-refractivity contribution is 0.306. The summed E-state index contributed by atoms with van der Waals surface area (Å²) < 4.78 is 19.2. The molecule has 0 amide bonds. The molecule has 0 radical (unpaired) electrons. The lowest BCUT2D eigenvalue weighted by Gasteiger charge is -2.13. The van der Waals surface area contributed by atoms with E-state index in [1.54, 1.807) is 14.2 Å². The maximum Gasteiger partial charge on any atom is 0.200 e. The lowest BCUT2D eigenvalue weighted by Crippen LogP contribution is -2.02. The van der Waals surface area contributed by atoms with Crippen LogP contribution in [0.5, 0.6) is 17.2 Å². The van der Waals surface area contributed by atoms with Gasteiger partial charge in [-0.3, -0.25) is 9.67 Å². The molecule has 33 heavy (non-hydrogen) atoms. The summed E-state index contributed by atoms with van der Waals surface area (Å²) in [6.45, 7) is 4.81. The van der Waals surface area contributed by atoms with E-state index in [2.05, 4.69) is 42.2 Å². The van der Waals surface area contributed by atoms with E-state index >= 15 is 0 Å². The van der Waals surface area contributed by atoms with Crippen molar-refractivity contribution in [3.8, 4) is 34.3 Å². The molecular formula is C26H27N3O3S. The summed E-state index contributed by atoms with van der Waals surface area (Å²) in [6.07, 6.45) is 0. The first-order chi connectivity index (χ1) is 16.0. The fourth-order valence-electron chi connectivity index (χ4n) is 3.60. The minimum Gasteiger partial charge on any atom is -0.497 e. The molecule has 0 aliphatic heterocycles. The standard InChI is InChI=1S/C26H27N3O3S/c1-17(2)19-8-10-21(11-9-19)32-16-18-6-5-7-20(14-18)25-27-28-26(33)29(25)23-13-12-22(30-3)15-24(23)31-4/h5-15,17H,16H2,1-4H3,(H,28,33). The van der Waals surface area contributed by atoms with Crippen LogP contribution in [0.25, 0.3) is 17.1 Å². The quantitative estimate of drug-likeness (QED) is 0.311. The molecule has 0 atom stereocenters. The highest BCUT2D eigenvalue weighted by Gasteiger charge is 2.16.